The zero-order chi connectivity index (χ0) is 19.4. The molecule has 1 aliphatic heterocycles. The minimum Gasteiger partial charge on any atom is -0.382 e. The van der Waals surface area contributed by atoms with E-state index in [1.807, 2.05) is 0 Å². The Morgan fingerprint density at radius 3 is 2.59 bits per heavy atom. The maximum Gasteiger partial charge on any atom is 0.273 e. The smallest absolute Gasteiger partial charge is 0.273 e. The average Bonchev–Trinajstić information content (AvgIpc) is 3.16. The van der Waals surface area contributed by atoms with Crippen molar-refractivity contribution in [3.8, 4) is 6.07 Å². The van der Waals surface area contributed by atoms with Crippen molar-refractivity contribution in [1.29, 1.82) is 5.26 Å². The van der Waals surface area contributed by atoms with E-state index < -0.39 is 6.04 Å². The van der Waals surface area contributed by atoms with E-state index in [1.54, 1.807) is 4.90 Å². The second-order valence-corrected chi connectivity index (χ2v) is 7.22. The van der Waals surface area contributed by atoms with Gasteiger partial charge in [0.05, 0.1) is 12.1 Å². The first-order valence-corrected chi connectivity index (χ1v) is 9.34. The van der Waals surface area contributed by atoms with Crippen LogP contribution >= 0.6 is 0 Å². The fourth-order valence-corrected chi connectivity index (χ4v) is 3.96. The SMILES string of the molecule is N#C[C@@H]1CCCN1C(=O)[C@@H](N)C1CCC(NC(=O)c2nccnc2N)CC1. The molecule has 2 atom stereocenters. The van der Waals surface area contributed by atoms with Gasteiger partial charge >= 0.3 is 0 Å². The molecule has 0 bridgehead atoms. The molecule has 5 N–H and O–H groups in total. The van der Waals surface area contributed by atoms with Crippen LogP contribution in [0.1, 0.15) is 49.0 Å². The van der Waals surface area contributed by atoms with Gasteiger partial charge in [0.25, 0.3) is 5.91 Å². The number of aromatic nitrogens is 2. The van der Waals surface area contributed by atoms with Crippen molar-refractivity contribution in [3.63, 3.8) is 0 Å². The number of likely N-dealkylation sites (tertiary alicyclic amines) is 1. The molecule has 9 nitrogen and oxygen atoms in total. The van der Waals surface area contributed by atoms with Gasteiger partial charge in [0, 0.05) is 25.0 Å². The van der Waals surface area contributed by atoms with Gasteiger partial charge in [-0.25, -0.2) is 9.97 Å². The molecular weight excluding hydrogens is 346 g/mol. The van der Waals surface area contributed by atoms with E-state index in [9.17, 15) is 9.59 Å². The predicted octanol–water partition coefficient (Wildman–Crippen LogP) is 0.189. The van der Waals surface area contributed by atoms with E-state index in [-0.39, 0.29) is 41.3 Å². The van der Waals surface area contributed by atoms with Crippen molar-refractivity contribution < 1.29 is 9.59 Å². The van der Waals surface area contributed by atoms with Crippen molar-refractivity contribution in [2.45, 2.75) is 56.7 Å². The highest BCUT2D eigenvalue weighted by Gasteiger charge is 2.36. The fraction of sp³-hybridized carbons (Fsp3) is 0.611. The molecule has 1 saturated carbocycles. The van der Waals surface area contributed by atoms with Gasteiger partial charge < -0.3 is 21.7 Å². The van der Waals surface area contributed by atoms with Gasteiger partial charge in [0.2, 0.25) is 5.91 Å². The van der Waals surface area contributed by atoms with Crippen LogP contribution in [0.25, 0.3) is 0 Å². The highest BCUT2D eigenvalue weighted by atomic mass is 16.2. The Morgan fingerprint density at radius 1 is 1.22 bits per heavy atom. The predicted molar refractivity (Wildman–Crippen MR) is 98.0 cm³/mol. The monoisotopic (exact) mass is 371 g/mol. The molecule has 2 heterocycles. The second kappa shape index (κ2) is 8.31. The summed E-state index contributed by atoms with van der Waals surface area (Å²) >= 11 is 0. The summed E-state index contributed by atoms with van der Waals surface area (Å²) < 4.78 is 0. The Labute approximate surface area is 158 Å². The van der Waals surface area contributed by atoms with Crippen LogP contribution in [0.2, 0.25) is 0 Å². The van der Waals surface area contributed by atoms with Crippen LogP contribution in [0, 0.1) is 17.2 Å². The number of nitrogens with zero attached hydrogens (tertiary/aromatic N) is 4. The van der Waals surface area contributed by atoms with Gasteiger partial charge in [-0.05, 0) is 44.4 Å². The maximum atomic E-state index is 12.6. The molecule has 0 aromatic carbocycles. The van der Waals surface area contributed by atoms with E-state index in [4.69, 9.17) is 16.7 Å². The molecule has 0 spiro atoms. The summed E-state index contributed by atoms with van der Waals surface area (Å²) in [6.45, 7) is 0.607. The van der Waals surface area contributed by atoms with E-state index >= 15 is 0 Å². The van der Waals surface area contributed by atoms with Crippen LogP contribution in [0.3, 0.4) is 0 Å². The molecule has 0 unspecified atom stereocenters. The van der Waals surface area contributed by atoms with E-state index in [0.717, 1.165) is 38.5 Å². The number of amides is 2. The maximum absolute atomic E-state index is 12.6. The molecule has 1 aromatic heterocycles. The van der Waals surface area contributed by atoms with Gasteiger partial charge in [-0.2, -0.15) is 5.26 Å². The van der Waals surface area contributed by atoms with Crippen LogP contribution in [-0.2, 0) is 4.79 Å². The third-order valence-electron chi connectivity index (χ3n) is 5.53. The molecule has 9 heteroatoms. The highest BCUT2D eigenvalue weighted by Crippen LogP contribution is 2.28. The van der Waals surface area contributed by atoms with Crippen LogP contribution in [-0.4, -0.2) is 51.4 Å². The first kappa shape index (κ1) is 19.0. The standard InChI is InChI=1S/C18H25N7O2/c19-10-13-2-1-9-25(13)18(27)14(20)11-3-5-12(6-4-11)24-17(26)15-16(21)23-8-7-22-15/h7-8,11-14H,1-6,9,20H2,(H2,21,23)(H,24,26)/t11?,12?,13-,14-/m0/s1. The molecule has 2 aliphatic rings. The summed E-state index contributed by atoms with van der Waals surface area (Å²) in [5.74, 6) is -0.293. The number of carbonyl (C=O) groups is 2. The van der Waals surface area contributed by atoms with Crippen LogP contribution in [0.4, 0.5) is 5.82 Å². The Kier molecular flexibility index (Phi) is 5.86. The summed E-state index contributed by atoms with van der Waals surface area (Å²) in [7, 11) is 0. The summed E-state index contributed by atoms with van der Waals surface area (Å²) in [5, 5.41) is 12.1. The van der Waals surface area contributed by atoms with Crippen molar-refractivity contribution in [2.75, 3.05) is 12.3 Å². The molecule has 144 valence electrons. The molecule has 1 aliphatic carbocycles. The summed E-state index contributed by atoms with van der Waals surface area (Å²) in [4.78, 5) is 34.4. The Bertz CT molecular complexity index is 739. The number of anilines is 1. The van der Waals surface area contributed by atoms with Gasteiger partial charge in [0.15, 0.2) is 11.5 Å². The van der Waals surface area contributed by atoms with E-state index in [1.165, 1.54) is 12.4 Å². The lowest BCUT2D eigenvalue weighted by atomic mass is 9.81. The number of carbonyl (C=O) groups excluding carboxylic acids is 2. The lowest BCUT2D eigenvalue weighted by Gasteiger charge is -2.34. The number of nitriles is 1. The molecular formula is C18H25N7O2. The molecule has 27 heavy (non-hydrogen) atoms. The number of nitrogen functional groups attached to an aromatic ring is 1. The molecule has 1 saturated heterocycles. The quantitative estimate of drug-likeness (QED) is 0.683. The Hall–Kier alpha value is -2.73. The van der Waals surface area contributed by atoms with E-state index in [0.29, 0.717) is 6.54 Å². The number of rotatable bonds is 4. The van der Waals surface area contributed by atoms with Crippen LogP contribution < -0.4 is 16.8 Å². The summed E-state index contributed by atoms with van der Waals surface area (Å²) in [6.07, 6.45) is 7.41. The lowest BCUT2D eigenvalue weighted by Crippen LogP contribution is -2.50. The number of hydrogen-bond donors (Lipinski definition) is 3. The Balaban J connectivity index is 1.51. The summed E-state index contributed by atoms with van der Waals surface area (Å²) in [6, 6.07) is 1.24. The normalized spacial score (nSPS) is 26.2. The number of hydrogen-bond acceptors (Lipinski definition) is 7. The van der Waals surface area contributed by atoms with Crippen molar-refractivity contribution in [2.24, 2.45) is 11.7 Å². The first-order valence-electron chi connectivity index (χ1n) is 9.34. The molecule has 3 rings (SSSR count). The Morgan fingerprint density at radius 2 is 1.93 bits per heavy atom. The first-order chi connectivity index (χ1) is 13.0. The third-order valence-corrected chi connectivity index (χ3v) is 5.53. The molecule has 0 radical (unpaired) electrons. The fourth-order valence-electron chi connectivity index (χ4n) is 3.96. The van der Waals surface area contributed by atoms with Gasteiger partial charge in [-0.3, -0.25) is 9.59 Å². The van der Waals surface area contributed by atoms with Crippen molar-refractivity contribution in [3.05, 3.63) is 18.1 Å². The average molecular weight is 371 g/mol. The third kappa shape index (κ3) is 4.17. The van der Waals surface area contributed by atoms with Crippen molar-refractivity contribution in [1.82, 2.24) is 20.2 Å². The molecule has 1 aromatic rings. The lowest BCUT2D eigenvalue weighted by molar-refractivity contribution is -0.134. The zero-order valence-electron chi connectivity index (χ0n) is 15.2. The number of nitrogens with one attached hydrogen (secondary N) is 1. The van der Waals surface area contributed by atoms with Gasteiger partial charge in [-0.15, -0.1) is 0 Å². The van der Waals surface area contributed by atoms with Crippen LogP contribution in [0.15, 0.2) is 12.4 Å². The summed E-state index contributed by atoms with van der Waals surface area (Å²) in [5.41, 5.74) is 12.0. The van der Waals surface area contributed by atoms with Gasteiger partial charge in [0.1, 0.15) is 6.04 Å². The minimum absolute atomic E-state index is 0.00361. The molecule has 2 amide bonds. The largest absolute Gasteiger partial charge is 0.382 e. The van der Waals surface area contributed by atoms with Crippen LogP contribution in [0.5, 0.6) is 0 Å². The highest BCUT2D eigenvalue weighted by molar-refractivity contribution is 5.96. The van der Waals surface area contributed by atoms with Crippen molar-refractivity contribution >= 4 is 17.6 Å². The molecule has 2 fully saturated rings. The van der Waals surface area contributed by atoms with Gasteiger partial charge in [-0.1, -0.05) is 0 Å². The minimum atomic E-state index is -0.591. The van der Waals surface area contributed by atoms with E-state index in [2.05, 4.69) is 21.4 Å². The zero-order valence-corrected chi connectivity index (χ0v) is 15.2. The topological polar surface area (TPSA) is 151 Å². The second-order valence-electron chi connectivity index (χ2n) is 7.22. The number of nitrogens with two attached hydrogens (primary N) is 2.